The van der Waals surface area contributed by atoms with Crippen molar-refractivity contribution >= 4 is 32.9 Å². The molecule has 33 heavy (non-hydrogen) atoms. The van der Waals surface area contributed by atoms with Crippen molar-refractivity contribution in [2.24, 2.45) is 0 Å². The summed E-state index contributed by atoms with van der Waals surface area (Å²) in [4.78, 5) is 13.6. The molecule has 0 radical (unpaired) electrons. The maximum absolute atomic E-state index is 5.92. The summed E-state index contributed by atoms with van der Waals surface area (Å²) in [6, 6.07) is 19.0. The van der Waals surface area contributed by atoms with E-state index in [1.165, 1.54) is 15.6 Å². The molecule has 0 fully saturated rings. The van der Waals surface area contributed by atoms with Crippen LogP contribution >= 0.6 is 11.3 Å². The number of aromatic nitrogens is 3. The molecular formula is C27H25N5S. The summed E-state index contributed by atoms with van der Waals surface area (Å²) in [7, 11) is 0. The number of benzene rings is 2. The van der Waals surface area contributed by atoms with Gasteiger partial charge in [0.1, 0.15) is 11.6 Å². The van der Waals surface area contributed by atoms with E-state index in [0.29, 0.717) is 5.69 Å². The predicted octanol–water partition coefficient (Wildman–Crippen LogP) is 6.79. The second-order valence-electron chi connectivity index (χ2n) is 8.31. The van der Waals surface area contributed by atoms with Crippen LogP contribution in [0.1, 0.15) is 29.9 Å². The number of anilines is 2. The molecule has 5 aromatic rings. The molecule has 3 heterocycles. The van der Waals surface area contributed by atoms with Gasteiger partial charge < -0.3 is 11.1 Å². The molecule has 6 heteroatoms. The summed E-state index contributed by atoms with van der Waals surface area (Å²) in [5.41, 5.74) is 13.1. The van der Waals surface area contributed by atoms with E-state index >= 15 is 0 Å². The van der Waals surface area contributed by atoms with Crippen molar-refractivity contribution in [3.8, 4) is 22.4 Å². The van der Waals surface area contributed by atoms with Crippen molar-refractivity contribution in [3.63, 3.8) is 0 Å². The second-order valence-corrected chi connectivity index (χ2v) is 9.22. The highest BCUT2D eigenvalue weighted by Gasteiger charge is 2.12. The van der Waals surface area contributed by atoms with Crippen LogP contribution in [-0.4, -0.2) is 15.0 Å². The fourth-order valence-electron chi connectivity index (χ4n) is 4.01. The standard InChI is InChI=1S/C27H25N5S/c1-16-15-33-26-8-7-21(11-24(16)26)25-12-27(32-18(3)31-25)30-17(2)19-5-4-6-20(9-19)22-10-23(28)14-29-13-22/h4-15,17H,28H2,1-3H3,(H,30,31,32)/t17-/m0/s1. The fourth-order valence-corrected chi connectivity index (χ4v) is 4.94. The minimum atomic E-state index is 0.0581. The molecule has 0 amide bonds. The summed E-state index contributed by atoms with van der Waals surface area (Å²) in [5.74, 6) is 1.55. The third-order valence-electron chi connectivity index (χ3n) is 5.74. The van der Waals surface area contributed by atoms with Crippen molar-refractivity contribution in [1.82, 2.24) is 15.0 Å². The monoisotopic (exact) mass is 451 g/mol. The summed E-state index contributed by atoms with van der Waals surface area (Å²) in [6.07, 6.45) is 3.49. The van der Waals surface area contributed by atoms with Crippen molar-refractivity contribution in [2.75, 3.05) is 11.1 Å². The minimum Gasteiger partial charge on any atom is -0.397 e. The summed E-state index contributed by atoms with van der Waals surface area (Å²) in [6.45, 7) is 6.21. The van der Waals surface area contributed by atoms with Gasteiger partial charge in [-0.15, -0.1) is 11.3 Å². The average Bonchev–Trinajstić information content (AvgIpc) is 3.19. The van der Waals surface area contributed by atoms with Gasteiger partial charge in [-0.25, -0.2) is 9.97 Å². The molecular weight excluding hydrogens is 426 g/mol. The minimum absolute atomic E-state index is 0.0581. The Kier molecular flexibility index (Phi) is 5.52. The van der Waals surface area contributed by atoms with Gasteiger partial charge in [0.05, 0.1) is 11.4 Å². The van der Waals surface area contributed by atoms with Gasteiger partial charge in [0.2, 0.25) is 0 Å². The predicted molar refractivity (Wildman–Crippen MR) is 138 cm³/mol. The third-order valence-corrected chi connectivity index (χ3v) is 6.83. The number of fused-ring (bicyclic) bond motifs is 1. The lowest BCUT2D eigenvalue weighted by atomic mass is 10.0. The first-order valence-corrected chi connectivity index (χ1v) is 11.8. The zero-order valence-corrected chi connectivity index (χ0v) is 19.6. The van der Waals surface area contributed by atoms with Crippen LogP contribution in [0, 0.1) is 13.8 Å². The molecule has 0 aliphatic rings. The first-order chi connectivity index (χ1) is 16.0. The lowest BCUT2D eigenvalue weighted by Crippen LogP contribution is -2.09. The van der Waals surface area contributed by atoms with Crippen LogP contribution in [0.25, 0.3) is 32.5 Å². The van der Waals surface area contributed by atoms with E-state index < -0.39 is 0 Å². The molecule has 0 bridgehead atoms. The zero-order valence-electron chi connectivity index (χ0n) is 18.8. The van der Waals surface area contributed by atoms with Gasteiger partial charge in [-0.2, -0.15) is 0 Å². The summed E-state index contributed by atoms with van der Waals surface area (Å²) < 4.78 is 1.30. The Bertz CT molecular complexity index is 1460. The topological polar surface area (TPSA) is 76.7 Å². The van der Waals surface area contributed by atoms with Crippen LogP contribution in [0.3, 0.4) is 0 Å². The quantitative estimate of drug-likeness (QED) is 0.307. The molecule has 1 atom stereocenters. The van der Waals surface area contributed by atoms with Gasteiger partial charge in [-0.05, 0) is 72.5 Å². The Labute approximate surface area is 197 Å². The number of thiophene rings is 1. The van der Waals surface area contributed by atoms with Crippen LogP contribution in [0.15, 0.2) is 72.4 Å². The highest BCUT2D eigenvalue weighted by atomic mass is 32.1. The zero-order chi connectivity index (χ0) is 22.9. The molecule has 5 nitrogen and oxygen atoms in total. The van der Waals surface area contributed by atoms with Crippen LogP contribution < -0.4 is 11.1 Å². The van der Waals surface area contributed by atoms with E-state index in [9.17, 15) is 0 Å². The third kappa shape index (κ3) is 4.43. The second kappa shape index (κ2) is 8.64. The van der Waals surface area contributed by atoms with E-state index in [2.05, 4.69) is 77.0 Å². The number of aryl methyl sites for hydroxylation is 2. The number of hydrogen-bond acceptors (Lipinski definition) is 6. The summed E-state index contributed by atoms with van der Waals surface area (Å²) in [5, 5.41) is 7.03. The van der Waals surface area contributed by atoms with Crippen molar-refractivity contribution in [2.45, 2.75) is 26.8 Å². The highest BCUT2D eigenvalue weighted by molar-refractivity contribution is 7.17. The van der Waals surface area contributed by atoms with E-state index in [1.807, 2.05) is 25.3 Å². The van der Waals surface area contributed by atoms with Gasteiger partial charge in [-0.1, -0.05) is 24.3 Å². The fraction of sp³-hybridized carbons (Fsp3) is 0.148. The van der Waals surface area contributed by atoms with Crippen LogP contribution in [-0.2, 0) is 0 Å². The number of rotatable bonds is 5. The van der Waals surface area contributed by atoms with E-state index in [-0.39, 0.29) is 6.04 Å². The van der Waals surface area contributed by atoms with Gasteiger partial charge in [0.25, 0.3) is 0 Å². The van der Waals surface area contributed by atoms with Gasteiger partial charge in [0.15, 0.2) is 0 Å². The maximum Gasteiger partial charge on any atom is 0.130 e. The highest BCUT2D eigenvalue weighted by Crippen LogP contribution is 2.31. The first kappa shape index (κ1) is 21.1. The number of hydrogen-bond donors (Lipinski definition) is 2. The molecule has 0 aliphatic heterocycles. The number of nitrogens with one attached hydrogen (secondary N) is 1. The molecule has 3 N–H and O–H groups in total. The largest absolute Gasteiger partial charge is 0.397 e. The Balaban J connectivity index is 1.43. The smallest absolute Gasteiger partial charge is 0.130 e. The lowest BCUT2D eigenvalue weighted by molar-refractivity contribution is 0.868. The molecule has 164 valence electrons. The summed E-state index contributed by atoms with van der Waals surface area (Å²) >= 11 is 1.77. The number of nitrogens with two attached hydrogens (primary N) is 1. The number of nitrogens with zero attached hydrogens (tertiary/aromatic N) is 3. The van der Waals surface area contributed by atoms with Gasteiger partial charge in [0, 0.05) is 40.3 Å². The SMILES string of the molecule is Cc1nc(N[C@@H](C)c2cccc(-c3cncc(N)c3)c2)cc(-c2ccc3scc(C)c3c2)n1. The Morgan fingerprint density at radius 1 is 0.909 bits per heavy atom. The normalized spacial score (nSPS) is 12.1. The van der Waals surface area contributed by atoms with E-state index in [0.717, 1.165) is 39.6 Å². The first-order valence-electron chi connectivity index (χ1n) is 10.9. The van der Waals surface area contributed by atoms with Crippen LogP contribution in [0.5, 0.6) is 0 Å². The van der Waals surface area contributed by atoms with Crippen LogP contribution in [0.2, 0.25) is 0 Å². The maximum atomic E-state index is 5.92. The molecule has 3 aromatic heterocycles. The molecule has 0 aliphatic carbocycles. The lowest BCUT2D eigenvalue weighted by Gasteiger charge is -2.17. The van der Waals surface area contributed by atoms with Crippen LogP contribution in [0.4, 0.5) is 11.5 Å². The van der Waals surface area contributed by atoms with Gasteiger partial charge >= 0.3 is 0 Å². The van der Waals surface area contributed by atoms with Crippen molar-refractivity contribution in [1.29, 1.82) is 0 Å². The molecule has 2 aromatic carbocycles. The van der Waals surface area contributed by atoms with Crippen molar-refractivity contribution < 1.29 is 0 Å². The van der Waals surface area contributed by atoms with Crippen molar-refractivity contribution in [3.05, 3.63) is 89.3 Å². The Morgan fingerprint density at radius 2 is 1.79 bits per heavy atom. The van der Waals surface area contributed by atoms with Gasteiger partial charge in [-0.3, -0.25) is 4.98 Å². The molecule has 0 unspecified atom stereocenters. The average molecular weight is 452 g/mol. The molecule has 0 saturated heterocycles. The van der Waals surface area contributed by atoms with E-state index in [4.69, 9.17) is 10.7 Å². The van der Waals surface area contributed by atoms with E-state index in [1.54, 1.807) is 17.5 Å². The number of nitrogen functional groups attached to an aromatic ring is 1. The Hall–Kier alpha value is -3.77. The Morgan fingerprint density at radius 3 is 2.64 bits per heavy atom. The molecule has 5 rings (SSSR count). The molecule has 0 spiro atoms. The number of pyridine rings is 1. The molecule has 0 saturated carbocycles.